The normalized spacial score (nSPS) is 26.2. The van der Waals surface area contributed by atoms with Crippen molar-refractivity contribution in [3.63, 3.8) is 0 Å². The van der Waals surface area contributed by atoms with Crippen molar-refractivity contribution in [2.24, 2.45) is 5.41 Å². The second-order valence-corrected chi connectivity index (χ2v) is 4.78. The third-order valence-electron chi connectivity index (χ3n) is 3.29. The van der Waals surface area contributed by atoms with Crippen LogP contribution in [-0.2, 0) is 9.53 Å². The van der Waals surface area contributed by atoms with Gasteiger partial charge in [0.05, 0.1) is 26.4 Å². The second-order valence-electron chi connectivity index (χ2n) is 4.78. The lowest BCUT2D eigenvalue weighted by atomic mass is 9.85. The van der Waals surface area contributed by atoms with Gasteiger partial charge in [-0.1, -0.05) is 0 Å². The summed E-state index contributed by atoms with van der Waals surface area (Å²) in [4.78, 5) is 19.6. The van der Waals surface area contributed by atoms with Crippen LogP contribution < -0.4 is 10.1 Å². The Labute approximate surface area is 111 Å². The van der Waals surface area contributed by atoms with E-state index in [0.29, 0.717) is 24.1 Å². The average Bonchev–Trinajstić information content (AvgIpc) is 2.71. The van der Waals surface area contributed by atoms with Crippen molar-refractivity contribution >= 4 is 11.8 Å². The number of ether oxygens (including phenoxy) is 2. The van der Waals surface area contributed by atoms with Gasteiger partial charge in [0, 0.05) is 6.07 Å². The molecular weight excluding hydrogens is 250 g/mol. The van der Waals surface area contributed by atoms with Crippen molar-refractivity contribution in [2.75, 3.05) is 25.6 Å². The number of rotatable bonds is 4. The van der Waals surface area contributed by atoms with Gasteiger partial charge in [0.1, 0.15) is 17.1 Å². The van der Waals surface area contributed by atoms with E-state index in [9.17, 15) is 9.90 Å². The van der Waals surface area contributed by atoms with E-state index in [4.69, 9.17) is 9.47 Å². The zero-order chi connectivity index (χ0) is 14.0. The summed E-state index contributed by atoms with van der Waals surface area (Å²) in [5.41, 5.74) is -0.966. The Morgan fingerprint density at radius 2 is 2.37 bits per heavy atom. The van der Waals surface area contributed by atoms with Crippen LogP contribution in [-0.4, -0.2) is 47.4 Å². The summed E-state index contributed by atoms with van der Waals surface area (Å²) in [5, 5.41) is 12.4. The quantitative estimate of drug-likeness (QED) is 0.829. The van der Waals surface area contributed by atoms with Crippen LogP contribution in [0.2, 0.25) is 0 Å². The van der Waals surface area contributed by atoms with Crippen LogP contribution in [0.4, 0.5) is 5.82 Å². The van der Waals surface area contributed by atoms with Gasteiger partial charge in [0.25, 0.3) is 0 Å². The molecular formula is C12H17N3O4. The number of hydrogen-bond acceptors (Lipinski definition) is 6. The number of nitrogens with zero attached hydrogens (tertiary/aromatic N) is 2. The first-order valence-corrected chi connectivity index (χ1v) is 5.93. The first-order valence-electron chi connectivity index (χ1n) is 5.93. The van der Waals surface area contributed by atoms with Gasteiger partial charge in [-0.2, -0.15) is 4.98 Å². The number of methoxy groups -OCH3 is 1. The van der Waals surface area contributed by atoms with E-state index in [0.717, 1.165) is 0 Å². The first-order chi connectivity index (χ1) is 8.95. The number of anilines is 1. The summed E-state index contributed by atoms with van der Waals surface area (Å²) in [5.74, 6) is 0.635. The van der Waals surface area contributed by atoms with Crippen LogP contribution in [0.1, 0.15) is 12.7 Å². The third kappa shape index (κ3) is 2.60. The Kier molecular flexibility index (Phi) is 3.57. The van der Waals surface area contributed by atoms with Crippen molar-refractivity contribution < 1.29 is 19.4 Å². The lowest BCUT2D eigenvalue weighted by molar-refractivity contribution is -0.148. The molecule has 104 valence electrons. The molecule has 1 aliphatic rings. The Bertz CT molecular complexity index is 494. The molecule has 2 unspecified atom stereocenters. The summed E-state index contributed by atoms with van der Waals surface area (Å²) in [7, 11) is 1.52. The summed E-state index contributed by atoms with van der Waals surface area (Å²) in [6, 6.07) is 1.29. The van der Waals surface area contributed by atoms with Gasteiger partial charge in [0.15, 0.2) is 0 Å². The van der Waals surface area contributed by atoms with Crippen molar-refractivity contribution in [3.8, 4) is 5.88 Å². The molecule has 0 aromatic carbocycles. The van der Waals surface area contributed by atoms with Gasteiger partial charge in [-0.3, -0.25) is 4.79 Å². The zero-order valence-corrected chi connectivity index (χ0v) is 11.1. The van der Waals surface area contributed by atoms with Gasteiger partial charge < -0.3 is 19.9 Å². The number of carbonyl (C=O) groups is 1. The fourth-order valence-electron chi connectivity index (χ4n) is 1.98. The fourth-order valence-corrected chi connectivity index (χ4v) is 1.98. The van der Waals surface area contributed by atoms with Crippen LogP contribution in [0.15, 0.2) is 6.07 Å². The molecule has 7 nitrogen and oxygen atoms in total. The number of aryl methyl sites for hydroxylation is 1. The Hall–Kier alpha value is -1.89. The molecule has 0 spiro atoms. The molecule has 2 heterocycles. The molecule has 0 bridgehead atoms. The largest absolute Gasteiger partial charge is 0.481 e. The molecule has 0 amide bonds. The highest BCUT2D eigenvalue weighted by atomic mass is 16.5. The minimum Gasteiger partial charge on any atom is -0.481 e. The lowest BCUT2D eigenvalue weighted by Crippen LogP contribution is -2.43. The van der Waals surface area contributed by atoms with Crippen molar-refractivity contribution in [2.45, 2.75) is 19.9 Å². The number of carboxylic acid groups (broad SMARTS) is 1. The molecule has 2 atom stereocenters. The van der Waals surface area contributed by atoms with Crippen LogP contribution >= 0.6 is 0 Å². The molecule has 1 saturated heterocycles. The molecule has 1 aromatic rings. The highest BCUT2D eigenvalue weighted by Crippen LogP contribution is 2.31. The molecule has 7 heteroatoms. The van der Waals surface area contributed by atoms with E-state index in [1.54, 1.807) is 19.9 Å². The maximum Gasteiger partial charge on any atom is 0.313 e. The molecule has 2 N–H and O–H groups in total. The van der Waals surface area contributed by atoms with E-state index < -0.39 is 11.4 Å². The molecule has 2 rings (SSSR count). The molecule has 1 aromatic heterocycles. The summed E-state index contributed by atoms with van der Waals surface area (Å²) < 4.78 is 10.3. The average molecular weight is 267 g/mol. The number of carboxylic acids is 1. The second kappa shape index (κ2) is 5.00. The minimum absolute atomic E-state index is 0.182. The Balaban J connectivity index is 2.21. The molecule has 19 heavy (non-hydrogen) atoms. The summed E-state index contributed by atoms with van der Waals surface area (Å²) in [6.45, 7) is 3.91. The van der Waals surface area contributed by atoms with Crippen LogP contribution in [0.5, 0.6) is 5.88 Å². The van der Waals surface area contributed by atoms with Gasteiger partial charge >= 0.3 is 5.97 Å². The van der Waals surface area contributed by atoms with E-state index in [2.05, 4.69) is 15.3 Å². The monoisotopic (exact) mass is 267 g/mol. The van der Waals surface area contributed by atoms with Gasteiger partial charge in [0.2, 0.25) is 5.88 Å². The number of aliphatic carboxylic acids is 1. The topological polar surface area (TPSA) is 93.6 Å². The maximum atomic E-state index is 11.3. The highest BCUT2D eigenvalue weighted by molar-refractivity contribution is 5.76. The Morgan fingerprint density at radius 3 is 3.00 bits per heavy atom. The predicted octanol–water partition coefficient (Wildman–Crippen LogP) is 0.695. The SMILES string of the molecule is COc1cc(NC2COCC2(C)C(=O)O)nc(C)n1. The number of hydrogen-bond donors (Lipinski definition) is 2. The standard InChI is InChI=1S/C12H17N3O4/c1-7-13-9(4-10(14-7)18-3)15-8-5-19-6-12(8,2)11(16)17/h4,8H,5-6H2,1-3H3,(H,16,17)(H,13,14,15). The van der Waals surface area contributed by atoms with Crippen LogP contribution in [0.3, 0.4) is 0 Å². The zero-order valence-electron chi connectivity index (χ0n) is 11.1. The van der Waals surface area contributed by atoms with Gasteiger partial charge in [-0.25, -0.2) is 4.98 Å². The highest BCUT2D eigenvalue weighted by Gasteiger charge is 2.46. The smallest absolute Gasteiger partial charge is 0.313 e. The third-order valence-corrected chi connectivity index (χ3v) is 3.29. The van der Waals surface area contributed by atoms with E-state index in [1.807, 2.05) is 0 Å². The number of aromatic nitrogens is 2. The predicted molar refractivity (Wildman–Crippen MR) is 67.3 cm³/mol. The summed E-state index contributed by atoms with van der Waals surface area (Å²) >= 11 is 0. The first kappa shape index (κ1) is 13.5. The Morgan fingerprint density at radius 1 is 1.63 bits per heavy atom. The maximum absolute atomic E-state index is 11.3. The van der Waals surface area contributed by atoms with Gasteiger partial charge in [-0.15, -0.1) is 0 Å². The molecule has 0 saturated carbocycles. The van der Waals surface area contributed by atoms with E-state index in [-0.39, 0.29) is 12.6 Å². The van der Waals surface area contributed by atoms with Crippen LogP contribution in [0, 0.1) is 12.3 Å². The summed E-state index contributed by atoms with van der Waals surface area (Å²) in [6.07, 6.45) is 0. The minimum atomic E-state index is -0.966. The van der Waals surface area contributed by atoms with E-state index in [1.165, 1.54) is 7.11 Å². The molecule has 0 radical (unpaired) electrons. The fraction of sp³-hybridized carbons (Fsp3) is 0.583. The molecule has 1 aliphatic heterocycles. The lowest BCUT2D eigenvalue weighted by Gasteiger charge is -2.25. The number of nitrogens with one attached hydrogen (secondary N) is 1. The van der Waals surface area contributed by atoms with Crippen molar-refractivity contribution in [1.29, 1.82) is 0 Å². The van der Waals surface area contributed by atoms with Crippen molar-refractivity contribution in [1.82, 2.24) is 9.97 Å². The molecule has 0 aliphatic carbocycles. The van der Waals surface area contributed by atoms with E-state index >= 15 is 0 Å². The molecule has 1 fully saturated rings. The van der Waals surface area contributed by atoms with Gasteiger partial charge in [-0.05, 0) is 13.8 Å². The van der Waals surface area contributed by atoms with Crippen molar-refractivity contribution in [3.05, 3.63) is 11.9 Å². The van der Waals surface area contributed by atoms with Crippen LogP contribution in [0.25, 0.3) is 0 Å².